The van der Waals surface area contributed by atoms with Crippen LogP contribution in [0.4, 0.5) is 0 Å². The number of amides is 1. The van der Waals surface area contributed by atoms with Gasteiger partial charge in [0.1, 0.15) is 5.75 Å². The minimum atomic E-state index is -3.63. The van der Waals surface area contributed by atoms with Gasteiger partial charge in [-0.3, -0.25) is 4.79 Å². The molecule has 0 saturated carbocycles. The summed E-state index contributed by atoms with van der Waals surface area (Å²) in [6.07, 6.45) is 0.665. The lowest BCUT2D eigenvalue weighted by Gasteiger charge is -2.28. The zero-order valence-electron chi connectivity index (χ0n) is 18.3. The van der Waals surface area contributed by atoms with Crippen molar-refractivity contribution in [1.29, 1.82) is 0 Å². The molecule has 162 valence electrons. The van der Waals surface area contributed by atoms with Crippen LogP contribution in [0.3, 0.4) is 0 Å². The molecule has 1 aliphatic rings. The summed E-state index contributed by atoms with van der Waals surface area (Å²) >= 11 is 0. The van der Waals surface area contributed by atoms with Gasteiger partial charge in [0.15, 0.2) is 0 Å². The standard InChI is InChI=1S/C23H30N2O4S/c1-6-25(7-2)30(27,28)18-9-8-16(4)19(14-18)23(26)24-21-10-11-29-22-17(5)12-15(3)13-20(21)22/h8-9,12-14,21H,6-7,10-11H2,1-5H3,(H,24,26). The number of nitrogens with one attached hydrogen (secondary N) is 1. The summed E-state index contributed by atoms with van der Waals surface area (Å²) in [7, 11) is -3.63. The van der Waals surface area contributed by atoms with E-state index in [0.717, 1.165) is 28.0 Å². The molecule has 0 fully saturated rings. The molecule has 1 aliphatic heterocycles. The molecular weight excluding hydrogens is 400 g/mol. The second-order valence-corrected chi connectivity index (χ2v) is 9.67. The fourth-order valence-corrected chi connectivity index (χ4v) is 5.47. The van der Waals surface area contributed by atoms with Crippen LogP contribution in [0.15, 0.2) is 35.2 Å². The van der Waals surface area contributed by atoms with Crippen LogP contribution in [0, 0.1) is 20.8 Å². The number of sulfonamides is 1. The molecule has 0 aromatic heterocycles. The number of carbonyl (C=O) groups excluding carboxylic acids is 1. The molecule has 1 atom stereocenters. The molecular formula is C23H30N2O4S. The lowest BCUT2D eigenvalue weighted by molar-refractivity contribution is 0.0923. The van der Waals surface area contributed by atoms with E-state index >= 15 is 0 Å². The molecule has 30 heavy (non-hydrogen) atoms. The van der Waals surface area contributed by atoms with E-state index in [9.17, 15) is 13.2 Å². The average molecular weight is 431 g/mol. The lowest BCUT2D eigenvalue weighted by Crippen LogP contribution is -2.33. The predicted molar refractivity (Wildman–Crippen MR) is 118 cm³/mol. The van der Waals surface area contributed by atoms with E-state index < -0.39 is 10.0 Å². The Morgan fingerprint density at radius 3 is 2.47 bits per heavy atom. The van der Waals surface area contributed by atoms with Gasteiger partial charge in [0.2, 0.25) is 10.0 Å². The number of benzene rings is 2. The molecule has 0 saturated heterocycles. The van der Waals surface area contributed by atoms with Gasteiger partial charge in [-0.05, 0) is 44.0 Å². The van der Waals surface area contributed by atoms with Crippen LogP contribution in [0.5, 0.6) is 5.75 Å². The Morgan fingerprint density at radius 2 is 1.80 bits per heavy atom. The first kappa shape index (κ1) is 22.3. The number of ether oxygens (including phenoxy) is 1. The molecule has 2 aromatic rings. The minimum Gasteiger partial charge on any atom is -0.493 e. The van der Waals surface area contributed by atoms with Crippen molar-refractivity contribution in [2.75, 3.05) is 19.7 Å². The Morgan fingerprint density at radius 1 is 1.10 bits per heavy atom. The van der Waals surface area contributed by atoms with E-state index in [1.807, 2.05) is 26.8 Å². The lowest BCUT2D eigenvalue weighted by atomic mass is 9.95. The molecule has 3 rings (SSSR count). The number of hydrogen-bond acceptors (Lipinski definition) is 4. The zero-order chi connectivity index (χ0) is 22.1. The van der Waals surface area contributed by atoms with Gasteiger partial charge >= 0.3 is 0 Å². The highest BCUT2D eigenvalue weighted by atomic mass is 32.2. The second-order valence-electron chi connectivity index (χ2n) is 7.73. The van der Waals surface area contributed by atoms with Crippen LogP contribution in [-0.2, 0) is 10.0 Å². The largest absolute Gasteiger partial charge is 0.493 e. The molecule has 1 heterocycles. The van der Waals surface area contributed by atoms with Gasteiger partial charge in [0, 0.05) is 30.6 Å². The van der Waals surface area contributed by atoms with Gasteiger partial charge in [-0.1, -0.05) is 37.6 Å². The number of hydrogen-bond donors (Lipinski definition) is 1. The van der Waals surface area contributed by atoms with Crippen LogP contribution in [0.2, 0.25) is 0 Å². The third-order valence-electron chi connectivity index (χ3n) is 5.58. The molecule has 0 aliphatic carbocycles. The van der Waals surface area contributed by atoms with E-state index in [1.165, 1.54) is 10.4 Å². The van der Waals surface area contributed by atoms with Crippen molar-refractivity contribution in [3.8, 4) is 5.75 Å². The van der Waals surface area contributed by atoms with E-state index in [-0.39, 0.29) is 16.8 Å². The third kappa shape index (κ3) is 4.23. The number of fused-ring (bicyclic) bond motifs is 1. The van der Waals surface area contributed by atoms with E-state index in [2.05, 4.69) is 11.4 Å². The molecule has 2 aromatic carbocycles. The molecule has 7 heteroatoms. The number of carbonyl (C=O) groups is 1. The van der Waals surface area contributed by atoms with Gasteiger partial charge in [0.25, 0.3) is 5.91 Å². The molecule has 1 unspecified atom stereocenters. The van der Waals surface area contributed by atoms with Crippen molar-refractivity contribution in [3.63, 3.8) is 0 Å². The summed E-state index contributed by atoms with van der Waals surface area (Å²) in [4.78, 5) is 13.3. The SMILES string of the molecule is CCN(CC)S(=O)(=O)c1ccc(C)c(C(=O)NC2CCOc3c(C)cc(C)cc32)c1. The Kier molecular flexibility index (Phi) is 6.53. The Balaban J connectivity index is 1.93. The highest BCUT2D eigenvalue weighted by Gasteiger charge is 2.27. The van der Waals surface area contributed by atoms with Gasteiger partial charge in [-0.25, -0.2) is 8.42 Å². The van der Waals surface area contributed by atoms with Crippen LogP contribution in [0.1, 0.15) is 58.9 Å². The maximum atomic E-state index is 13.1. The monoisotopic (exact) mass is 430 g/mol. The molecule has 0 spiro atoms. The number of aryl methyl sites for hydroxylation is 3. The summed E-state index contributed by atoms with van der Waals surface area (Å²) in [6, 6.07) is 8.67. The maximum absolute atomic E-state index is 13.1. The predicted octanol–water partition coefficient (Wildman–Crippen LogP) is 3.90. The molecule has 1 amide bonds. The van der Waals surface area contributed by atoms with Crippen molar-refractivity contribution >= 4 is 15.9 Å². The van der Waals surface area contributed by atoms with Gasteiger partial charge < -0.3 is 10.1 Å². The van der Waals surface area contributed by atoms with Crippen LogP contribution >= 0.6 is 0 Å². The Labute approximate surface area is 179 Å². The second kappa shape index (κ2) is 8.78. The number of rotatable bonds is 6. The normalized spacial score (nSPS) is 16.1. The topological polar surface area (TPSA) is 75.7 Å². The molecule has 1 N–H and O–H groups in total. The van der Waals surface area contributed by atoms with E-state index in [4.69, 9.17) is 4.74 Å². The highest BCUT2D eigenvalue weighted by molar-refractivity contribution is 7.89. The van der Waals surface area contributed by atoms with Crippen molar-refractivity contribution in [2.24, 2.45) is 0 Å². The van der Waals surface area contributed by atoms with E-state index in [1.54, 1.807) is 26.0 Å². The van der Waals surface area contributed by atoms with Crippen molar-refractivity contribution in [1.82, 2.24) is 9.62 Å². The van der Waals surface area contributed by atoms with Crippen molar-refractivity contribution in [2.45, 2.75) is 52.0 Å². The number of nitrogens with zero attached hydrogens (tertiary/aromatic N) is 1. The average Bonchev–Trinajstić information content (AvgIpc) is 2.69. The van der Waals surface area contributed by atoms with E-state index in [0.29, 0.717) is 31.7 Å². The van der Waals surface area contributed by atoms with Crippen molar-refractivity contribution in [3.05, 3.63) is 58.1 Å². The fraction of sp³-hybridized carbons (Fsp3) is 0.435. The zero-order valence-corrected chi connectivity index (χ0v) is 19.1. The van der Waals surface area contributed by atoms with Gasteiger partial charge in [-0.15, -0.1) is 0 Å². The summed E-state index contributed by atoms with van der Waals surface area (Å²) in [5.41, 5.74) is 4.24. The minimum absolute atomic E-state index is 0.140. The molecule has 0 bridgehead atoms. The van der Waals surface area contributed by atoms with Crippen LogP contribution in [-0.4, -0.2) is 38.3 Å². The molecule has 6 nitrogen and oxygen atoms in total. The Hall–Kier alpha value is -2.38. The van der Waals surface area contributed by atoms with Crippen LogP contribution in [0.25, 0.3) is 0 Å². The van der Waals surface area contributed by atoms with Crippen LogP contribution < -0.4 is 10.1 Å². The van der Waals surface area contributed by atoms with Gasteiger partial charge in [-0.2, -0.15) is 4.31 Å². The smallest absolute Gasteiger partial charge is 0.252 e. The summed E-state index contributed by atoms with van der Waals surface area (Å²) in [5.74, 6) is 0.549. The summed E-state index contributed by atoms with van der Waals surface area (Å²) < 4.78 is 33.0. The quantitative estimate of drug-likeness (QED) is 0.754. The Bertz CT molecular complexity index is 1060. The highest BCUT2D eigenvalue weighted by Crippen LogP contribution is 2.36. The van der Waals surface area contributed by atoms with Gasteiger partial charge in [0.05, 0.1) is 17.5 Å². The van der Waals surface area contributed by atoms with Crippen molar-refractivity contribution < 1.29 is 17.9 Å². The first-order chi connectivity index (χ1) is 14.2. The maximum Gasteiger partial charge on any atom is 0.252 e. The summed E-state index contributed by atoms with van der Waals surface area (Å²) in [5, 5.41) is 3.10. The fourth-order valence-electron chi connectivity index (χ4n) is 3.98. The first-order valence-corrected chi connectivity index (χ1v) is 11.8. The third-order valence-corrected chi connectivity index (χ3v) is 7.62. The molecule has 0 radical (unpaired) electrons. The summed E-state index contributed by atoms with van der Waals surface area (Å²) in [6.45, 7) is 10.7. The first-order valence-electron chi connectivity index (χ1n) is 10.3.